The molecule has 0 amide bonds. The van der Waals surface area contributed by atoms with E-state index in [0.717, 1.165) is 18.4 Å². The third-order valence-electron chi connectivity index (χ3n) is 3.22. The number of rotatable bonds is 7. The lowest BCUT2D eigenvalue weighted by atomic mass is 10.2. The second-order valence-corrected chi connectivity index (χ2v) is 6.85. The highest BCUT2D eigenvalue weighted by Gasteiger charge is 2.36. The Labute approximate surface area is 118 Å². The SMILES string of the molecule is NC(CCN(C1CC1)S(=O)(=O)Cc1ccccc1)=NO. The molecule has 0 aromatic heterocycles. The van der Waals surface area contributed by atoms with E-state index in [1.807, 2.05) is 18.2 Å². The standard InChI is InChI=1S/C13H19N3O3S/c14-13(15-17)8-9-16(12-6-7-12)20(18,19)10-11-4-2-1-3-5-11/h1-5,12,17H,6-10H2,(H2,14,15). The molecule has 0 saturated heterocycles. The summed E-state index contributed by atoms with van der Waals surface area (Å²) in [6, 6.07) is 9.16. The fourth-order valence-corrected chi connectivity index (χ4v) is 3.87. The zero-order chi connectivity index (χ0) is 14.6. The smallest absolute Gasteiger partial charge is 0.218 e. The molecule has 1 fully saturated rings. The van der Waals surface area contributed by atoms with Gasteiger partial charge in [-0.3, -0.25) is 0 Å². The van der Waals surface area contributed by atoms with Crippen LogP contribution in [-0.4, -0.2) is 36.4 Å². The van der Waals surface area contributed by atoms with E-state index in [1.54, 1.807) is 12.1 Å². The van der Waals surface area contributed by atoms with Crippen molar-refractivity contribution in [1.82, 2.24) is 4.31 Å². The molecule has 1 aromatic carbocycles. The monoisotopic (exact) mass is 297 g/mol. The lowest BCUT2D eigenvalue weighted by Crippen LogP contribution is -2.36. The van der Waals surface area contributed by atoms with Gasteiger partial charge in [0.2, 0.25) is 10.0 Å². The lowest BCUT2D eigenvalue weighted by Gasteiger charge is -2.21. The van der Waals surface area contributed by atoms with Gasteiger partial charge in [-0.25, -0.2) is 8.42 Å². The molecule has 1 saturated carbocycles. The number of hydrogen-bond acceptors (Lipinski definition) is 4. The van der Waals surface area contributed by atoms with Gasteiger partial charge in [0.1, 0.15) is 5.84 Å². The highest BCUT2D eigenvalue weighted by Crippen LogP contribution is 2.30. The van der Waals surface area contributed by atoms with Crippen molar-refractivity contribution in [2.24, 2.45) is 10.9 Å². The van der Waals surface area contributed by atoms with E-state index in [-0.39, 0.29) is 30.6 Å². The maximum Gasteiger partial charge on any atom is 0.218 e. The molecule has 0 atom stereocenters. The molecule has 20 heavy (non-hydrogen) atoms. The first kappa shape index (κ1) is 14.8. The number of amidine groups is 1. The first-order valence-corrected chi connectivity index (χ1v) is 8.13. The topological polar surface area (TPSA) is 96.0 Å². The quantitative estimate of drug-likeness (QED) is 0.341. The van der Waals surface area contributed by atoms with Crippen LogP contribution in [0, 0.1) is 0 Å². The van der Waals surface area contributed by atoms with Gasteiger partial charge < -0.3 is 10.9 Å². The number of sulfonamides is 1. The van der Waals surface area contributed by atoms with E-state index in [0.29, 0.717) is 0 Å². The molecule has 0 spiro atoms. The second kappa shape index (κ2) is 6.23. The molecular formula is C13H19N3O3S. The number of nitrogens with zero attached hydrogens (tertiary/aromatic N) is 2. The molecule has 2 rings (SSSR count). The number of hydrogen-bond donors (Lipinski definition) is 2. The van der Waals surface area contributed by atoms with Crippen LogP contribution in [0.5, 0.6) is 0 Å². The predicted molar refractivity (Wildman–Crippen MR) is 76.8 cm³/mol. The summed E-state index contributed by atoms with van der Waals surface area (Å²) in [6.45, 7) is 0.260. The van der Waals surface area contributed by atoms with Crippen LogP contribution in [0.1, 0.15) is 24.8 Å². The van der Waals surface area contributed by atoms with Crippen LogP contribution in [-0.2, 0) is 15.8 Å². The van der Waals surface area contributed by atoms with Gasteiger partial charge >= 0.3 is 0 Å². The third kappa shape index (κ3) is 3.94. The van der Waals surface area contributed by atoms with Crippen molar-refractivity contribution in [3.8, 4) is 0 Å². The van der Waals surface area contributed by atoms with Crippen molar-refractivity contribution in [2.75, 3.05) is 6.54 Å². The molecule has 1 aliphatic rings. The van der Waals surface area contributed by atoms with Crippen molar-refractivity contribution in [2.45, 2.75) is 31.1 Å². The summed E-state index contributed by atoms with van der Waals surface area (Å²) in [7, 11) is -3.37. The summed E-state index contributed by atoms with van der Waals surface area (Å²) in [5, 5.41) is 11.4. The summed E-state index contributed by atoms with van der Waals surface area (Å²) in [4.78, 5) is 0. The fourth-order valence-electron chi connectivity index (χ4n) is 2.05. The summed E-state index contributed by atoms with van der Waals surface area (Å²) in [5.41, 5.74) is 6.18. The van der Waals surface area contributed by atoms with Gasteiger partial charge in [0.05, 0.1) is 5.75 Å². The van der Waals surface area contributed by atoms with Crippen LogP contribution < -0.4 is 5.73 Å². The molecule has 0 aliphatic heterocycles. The van der Waals surface area contributed by atoms with Gasteiger partial charge in [-0.2, -0.15) is 4.31 Å². The summed E-state index contributed by atoms with van der Waals surface area (Å²) < 4.78 is 26.4. The van der Waals surface area contributed by atoms with E-state index in [9.17, 15) is 8.42 Å². The average molecular weight is 297 g/mol. The number of benzene rings is 1. The molecular weight excluding hydrogens is 278 g/mol. The van der Waals surface area contributed by atoms with E-state index < -0.39 is 10.0 Å². The minimum Gasteiger partial charge on any atom is -0.409 e. The van der Waals surface area contributed by atoms with Crippen LogP contribution in [0.15, 0.2) is 35.5 Å². The summed E-state index contributed by atoms with van der Waals surface area (Å²) in [5.74, 6) is 0.0334. The van der Waals surface area contributed by atoms with Crippen LogP contribution in [0.3, 0.4) is 0 Å². The Balaban J connectivity index is 2.07. The van der Waals surface area contributed by atoms with Gasteiger partial charge in [-0.1, -0.05) is 35.5 Å². The zero-order valence-electron chi connectivity index (χ0n) is 11.1. The van der Waals surface area contributed by atoms with E-state index >= 15 is 0 Å². The molecule has 0 unspecified atom stereocenters. The maximum absolute atomic E-state index is 12.5. The van der Waals surface area contributed by atoms with Crippen molar-refractivity contribution in [3.05, 3.63) is 35.9 Å². The highest BCUT2D eigenvalue weighted by atomic mass is 32.2. The molecule has 3 N–H and O–H groups in total. The Hall–Kier alpha value is -1.60. The maximum atomic E-state index is 12.5. The van der Waals surface area contributed by atoms with Gasteiger partial charge in [0, 0.05) is 19.0 Å². The first-order chi connectivity index (χ1) is 9.53. The lowest BCUT2D eigenvalue weighted by molar-refractivity contribution is 0.315. The summed E-state index contributed by atoms with van der Waals surface area (Å²) in [6.07, 6.45) is 2.00. The largest absolute Gasteiger partial charge is 0.409 e. The second-order valence-electron chi connectivity index (χ2n) is 4.93. The third-order valence-corrected chi connectivity index (χ3v) is 5.11. The Morgan fingerprint density at radius 2 is 2.00 bits per heavy atom. The Morgan fingerprint density at radius 1 is 1.35 bits per heavy atom. The van der Waals surface area contributed by atoms with Gasteiger partial charge in [0.25, 0.3) is 0 Å². The Kier molecular flexibility index (Phi) is 4.61. The molecule has 7 heteroatoms. The van der Waals surface area contributed by atoms with Gasteiger partial charge in [-0.05, 0) is 18.4 Å². The molecule has 0 heterocycles. The minimum atomic E-state index is -3.37. The molecule has 110 valence electrons. The van der Waals surface area contributed by atoms with Crippen LogP contribution in [0.25, 0.3) is 0 Å². The molecule has 1 aromatic rings. The minimum absolute atomic E-state index is 0.0134. The fraction of sp³-hybridized carbons (Fsp3) is 0.462. The van der Waals surface area contributed by atoms with Gasteiger partial charge in [0.15, 0.2) is 0 Å². The van der Waals surface area contributed by atoms with E-state index in [1.165, 1.54) is 4.31 Å². The normalized spacial score (nSPS) is 16.6. The molecule has 0 bridgehead atoms. The van der Waals surface area contributed by atoms with Crippen molar-refractivity contribution in [3.63, 3.8) is 0 Å². The van der Waals surface area contributed by atoms with Crippen LogP contribution >= 0.6 is 0 Å². The van der Waals surface area contributed by atoms with Crippen LogP contribution in [0.2, 0.25) is 0 Å². The van der Waals surface area contributed by atoms with Crippen molar-refractivity contribution >= 4 is 15.9 Å². The average Bonchev–Trinajstić information content (AvgIpc) is 3.23. The van der Waals surface area contributed by atoms with Crippen LogP contribution in [0.4, 0.5) is 0 Å². The molecule has 6 nitrogen and oxygen atoms in total. The molecule has 0 radical (unpaired) electrons. The van der Waals surface area contributed by atoms with Gasteiger partial charge in [-0.15, -0.1) is 0 Å². The predicted octanol–water partition coefficient (Wildman–Crippen LogP) is 1.12. The number of oxime groups is 1. The first-order valence-electron chi connectivity index (χ1n) is 6.53. The number of nitrogens with two attached hydrogens (primary N) is 1. The van der Waals surface area contributed by atoms with E-state index in [4.69, 9.17) is 10.9 Å². The zero-order valence-corrected chi connectivity index (χ0v) is 12.0. The Bertz CT molecular complexity index is 568. The Morgan fingerprint density at radius 3 is 2.55 bits per heavy atom. The van der Waals surface area contributed by atoms with Crippen molar-refractivity contribution < 1.29 is 13.6 Å². The van der Waals surface area contributed by atoms with E-state index in [2.05, 4.69) is 5.16 Å². The highest BCUT2D eigenvalue weighted by molar-refractivity contribution is 7.88. The summed E-state index contributed by atoms with van der Waals surface area (Å²) >= 11 is 0. The van der Waals surface area contributed by atoms with Crippen molar-refractivity contribution in [1.29, 1.82) is 0 Å². The molecule has 1 aliphatic carbocycles.